The van der Waals surface area contributed by atoms with Crippen molar-refractivity contribution in [3.05, 3.63) is 88.5 Å². The smallest absolute Gasteiger partial charge is 0.294 e. The van der Waals surface area contributed by atoms with Crippen LogP contribution in [-0.4, -0.2) is 52.0 Å². The lowest BCUT2D eigenvalue weighted by Crippen LogP contribution is -2.31. The molecule has 206 valence electrons. The number of rotatable bonds is 8. The summed E-state index contributed by atoms with van der Waals surface area (Å²) in [4.78, 5) is 25.6. The number of Topliss-reactive ketones (excluding diaryl/α,β-unsaturated/α-hetero) is 1. The fourth-order valence-corrected chi connectivity index (χ4v) is 6.94. The van der Waals surface area contributed by atoms with E-state index in [9.17, 15) is 31.0 Å². The van der Waals surface area contributed by atoms with Gasteiger partial charge in [0, 0.05) is 35.5 Å². The summed E-state index contributed by atoms with van der Waals surface area (Å²) < 4.78 is 58.8. The van der Waals surface area contributed by atoms with Gasteiger partial charge in [-0.2, -0.15) is 8.42 Å². The minimum Gasteiger partial charge on any atom is -0.355 e. The summed E-state index contributed by atoms with van der Waals surface area (Å²) in [5.41, 5.74) is 1.62. The molecule has 0 saturated heterocycles. The van der Waals surface area contributed by atoms with Gasteiger partial charge in [0.2, 0.25) is 21.5 Å². The first-order valence-electron chi connectivity index (χ1n) is 12.0. The molecule has 2 aliphatic rings. The van der Waals surface area contributed by atoms with Crippen molar-refractivity contribution in [1.82, 2.24) is 5.32 Å². The van der Waals surface area contributed by atoms with Crippen molar-refractivity contribution in [2.75, 3.05) is 23.9 Å². The molecule has 2 N–H and O–H groups in total. The van der Waals surface area contributed by atoms with E-state index in [0.717, 1.165) is 11.4 Å². The van der Waals surface area contributed by atoms with Gasteiger partial charge < -0.3 is 10.2 Å². The number of amides is 1. The topological polar surface area (TPSA) is 138 Å². The number of ketones is 1. The third-order valence-corrected chi connectivity index (χ3v) is 9.64. The first-order chi connectivity index (χ1) is 18.3. The Morgan fingerprint density at radius 1 is 1.13 bits per heavy atom. The first-order valence-corrected chi connectivity index (χ1v) is 15.5. The highest BCUT2D eigenvalue weighted by Crippen LogP contribution is 2.48. The van der Waals surface area contributed by atoms with E-state index < -0.39 is 31.2 Å². The number of fused-ring (bicyclic) bond motifs is 2. The van der Waals surface area contributed by atoms with E-state index in [2.05, 4.69) is 5.32 Å². The highest BCUT2D eigenvalue weighted by atomic mass is 35.5. The maximum Gasteiger partial charge on any atom is 0.294 e. The molecule has 0 bridgehead atoms. The molecule has 0 atom stereocenters. The standard InChI is InChI=1S/C27H27ClN2O7S2/c1-27(2)20-16-18(39(35,36)37)12-13-21(20)30(15-7-14-29-25(31)17-28)24(27)11-6-5-10-23-26(32)19-8-3-4-9-22(19)38(23,33)34/h3-6,8-13,16H,7,14-15,17H2,1-2H3,(H,29,31)(H,35,36,37)/b6-5+,23-10-,24-11+. The molecule has 2 aromatic rings. The van der Waals surface area contributed by atoms with Crippen molar-refractivity contribution < 1.29 is 31.0 Å². The average molecular weight is 591 g/mol. The van der Waals surface area contributed by atoms with Gasteiger partial charge in [-0.15, -0.1) is 11.6 Å². The minimum absolute atomic E-state index is 0.0116. The van der Waals surface area contributed by atoms with Crippen molar-refractivity contribution in [1.29, 1.82) is 0 Å². The average Bonchev–Trinajstić information content (AvgIpc) is 3.22. The van der Waals surface area contributed by atoms with Crippen LogP contribution in [0.3, 0.4) is 0 Å². The van der Waals surface area contributed by atoms with Crippen LogP contribution >= 0.6 is 11.6 Å². The van der Waals surface area contributed by atoms with Gasteiger partial charge in [-0.3, -0.25) is 14.1 Å². The number of alkyl halides is 1. The molecule has 0 spiro atoms. The molecule has 4 rings (SSSR count). The molecule has 1 amide bonds. The predicted octanol–water partition coefficient (Wildman–Crippen LogP) is 3.77. The van der Waals surface area contributed by atoms with Crippen LogP contribution in [0.25, 0.3) is 0 Å². The number of hydrogen-bond acceptors (Lipinski definition) is 7. The Balaban J connectivity index is 1.67. The van der Waals surface area contributed by atoms with E-state index in [-0.39, 0.29) is 32.0 Å². The van der Waals surface area contributed by atoms with Gasteiger partial charge in [-0.1, -0.05) is 38.1 Å². The van der Waals surface area contributed by atoms with E-state index in [4.69, 9.17) is 11.6 Å². The fourth-order valence-electron chi connectivity index (χ4n) is 4.78. The van der Waals surface area contributed by atoms with Gasteiger partial charge in [-0.05, 0) is 54.5 Å². The number of carbonyl (C=O) groups excluding carboxylic acids is 2. The van der Waals surface area contributed by atoms with E-state index >= 15 is 0 Å². The largest absolute Gasteiger partial charge is 0.355 e. The van der Waals surface area contributed by atoms with Crippen LogP contribution in [0.2, 0.25) is 0 Å². The molecule has 0 fully saturated rings. The van der Waals surface area contributed by atoms with Gasteiger partial charge in [0.15, 0.2) is 0 Å². The summed E-state index contributed by atoms with van der Waals surface area (Å²) >= 11 is 5.54. The summed E-state index contributed by atoms with van der Waals surface area (Å²) in [5.74, 6) is -0.996. The molecule has 0 radical (unpaired) electrons. The van der Waals surface area contributed by atoms with Crippen LogP contribution < -0.4 is 10.2 Å². The summed E-state index contributed by atoms with van der Waals surface area (Å²) in [6, 6.07) is 10.4. The molecule has 2 aliphatic heterocycles. The molecule has 39 heavy (non-hydrogen) atoms. The molecule has 0 aromatic heterocycles. The van der Waals surface area contributed by atoms with Crippen LogP contribution in [0.5, 0.6) is 0 Å². The normalized spacial score (nSPS) is 19.6. The predicted molar refractivity (Wildman–Crippen MR) is 148 cm³/mol. The fraction of sp³-hybridized carbons (Fsp3) is 0.259. The zero-order chi connectivity index (χ0) is 28.6. The van der Waals surface area contributed by atoms with E-state index in [1.54, 1.807) is 30.4 Å². The molecular formula is C27H27ClN2O7S2. The lowest BCUT2D eigenvalue weighted by atomic mass is 9.83. The number of allylic oxidation sites excluding steroid dienone is 6. The first kappa shape index (κ1) is 28.8. The number of nitrogens with zero attached hydrogens (tertiary/aromatic N) is 1. The molecule has 0 saturated carbocycles. The maximum atomic E-state index is 12.8. The summed E-state index contributed by atoms with van der Waals surface area (Å²) in [7, 11) is -8.33. The zero-order valence-corrected chi connectivity index (χ0v) is 23.6. The lowest BCUT2D eigenvalue weighted by molar-refractivity contribution is -0.118. The number of hydrogen-bond donors (Lipinski definition) is 2. The van der Waals surface area contributed by atoms with Gasteiger partial charge in [0.1, 0.15) is 10.8 Å². The maximum absolute atomic E-state index is 12.8. The third-order valence-electron chi connectivity index (χ3n) is 6.71. The molecule has 2 aromatic carbocycles. The molecule has 9 nitrogen and oxygen atoms in total. The van der Waals surface area contributed by atoms with Gasteiger partial charge in [0.25, 0.3) is 10.1 Å². The number of anilines is 1. The monoisotopic (exact) mass is 590 g/mol. The molecule has 0 aliphatic carbocycles. The second-order valence-corrected chi connectivity index (χ2v) is 13.1. The summed E-state index contributed by atoms with van der Waals surface area (Å²) in [6.07, 6.45) is 6.68. The Morgan fingerprint density at radius 2 is 1.82 bits per heavy atom. The Labute approximate surface area is 232 Å². The number of sulfone groups is 1. The van der Waals surface area contributed by atoms with Gasteiger partial charge in [-0.25, -0.2) is 8.42 Å². The number of benzene rings is 2. The van der Waals surface area contributed by atoms with Crippen molar-refractivity contribution in [2.45, 2.75) is 35.5 Å². The van der Waals surface area contributed by atoms with Crippen molar-refractivity contribution in [3.8, 4) is 0 Å². The van der Waals surface area contributed by atoms with Crippen LogP contribution in [-0.2, 0) is 30.2 Å². The molecule has 12 heteroatoms. The molecular weight excluding hydrogens is 564 g/mol. The number of halogens is 1. The van der Waals surface area contributed by atoms with Crippen LogP contribution in [0, 0.1) is 0 Å². The van der Waals surface area contributed by atoms with E-state index in [0.29, 0.717) is 25.1 Å². The third kappa shape index (κ3) is 5.44. The van der Waals surface area contributed by atoms with Crippen molar-refractivity contribution >= 4 is 48.9 Å². The van der Waals surface area contributed by atoms with Gasteiger partial charge in [0.05, 0.1) is 9.79 Å². The second-order valence-electron chi connectivity index (χ2n) is 9.56. The van der Waals surface area contributed by atoms with Crippen LogP contribution in [0.1, 0.15) is 36.2 Å². The second kappa shape index (κ2) is 10.7. The minimum atomic E-state index is -4.42. The Morgan fingerprint density at radius 3 is 2.49 bits per heavy atom. The van der Waals surface area contributed by atoms with Crippen molar-refractivity contribution in [3.63, 3.8) is 0 Å². The van der Waals surface area contributed by atoms with Crippen LogP contribution in [0.4, 0.5) is 5.69 Å². The Kier molecular flexibility index (Phi) is 7.91. The van der Waals surface area contributed by atoms with Crippen LogP contribution in [0.15, 0.2) is 87.2 Å². The Bertz CT molecular complexity index is 1660. The van der Waals surface area contributed by atoms with E-state index in [1.165, 1.54) is 36.4 Å². The summed E-state index contributed by atoms with van der Waals surface area (Å²) in [5, 5.41) is 2.71. The summed E-state index contributed by atoms with van der Waals surface area (Å²) in [6.45, 7) is 4.63. The molecule has 2 heterocycles. The Hall–Kier alpha value is -3.25. The lowest BCUT2D eigenvalue weighted by Gasteiger charge is -2.27. The number of nitrogens with one attached hydrogen (secondary N) is 1. The SMILES string of the molecule is CC1(C)\C(=C/C=C/C=C2/C(=O)c3ccccc3S2(=O)=O)N(CCCNC(=O)CCl)c2ccc(S(=O)(=O)O)cc21. The zero-order valence-electron chi connectivity index (χ0n) is 21.2. The molecule has 0 unspecified atom stereocenters. The van der Waals surface area contributed by atoms with Gasteiger partial charge >= 0.3 is 0 Å². The van der Waals surface area contributed by atoms with Crippen molar-refractivity contribution in [2.24, 2.45) is 0 Å². The highest BCUT2D eigenvalue weighted by Gasteiger charge is 2.41. The number of carbonyl (C=O) groups is 2. The highest BCUT2D eigenvalue weighted by molar-refractivity contribution is 7.97. The quantitative estimate of drug-likeness (QED) is 0.205. The van der Waals surface area contributed by atoms with E-state index in [1.807, 2.05) is 18.7 Å².